The molecule has 4 heteroatoms. The van der Waals surface area contributed by atoms with Crippen LogP contribution in [0.25, 0.3) is 72.2 Å². The molecule has 0 aliphatic carbocycles. The van der Waals surface area contributed by atoms with Gasteiger partial charge in [-0.2, -0.15) is 0 Å². The van der Waals surface area contributed by atoms with E-state index in [0.29, 0.717) is 17.5 Å². The summed E-state index contributed by atoms with van der Waals surface area (Å²) in [5, 5.41) is 4.58. The summed E-state index contributed by atoms with van der Waals surface area (Å²) in [6.07, 6.45) is 7.56. The van der Waals surface area contributed by atoms with Crippen molar-refractivity contribution in [3.05, 3.63) is 146 Å². The van der Waals surface area contributed by atoms with Crippen LogP contribution in [0.3, 0.4) is 0 Å². The normalized spacial score (nSPS) is 12.1. The molecule has 0 aliphatic heterocycles. The minimum Gasteiger partial charge on any atom is -0.456 e. The Morgan fingerprint density at radius 3 is 2.24 bits per heavy atom. The lowest BCUT2D eigenvalue weighted by molar-refractivity contribution is 0.669. The monoisotopic (exact) mass is 541 g/mol. The molecule has 7 rings (SSSR count). The van der Waals surface area contributed by atoms with Crippen LogP contribution < -0.4 is 0 Å². The molecular formula is C38H27N3O. The number of allylic oxidation sites excluding steroid dienone is 5. The fourth-order valence-corrected chi connectivity index (χ4v) is 5.41. The van der Waals surface area contributed by atoms with E-state index in [2.05, 4.69) is 73.3 Å². The molecule has 0 spiro atoms. The molecule has 200 valence electrons. The van der Waals surface area contributed by atoms with Crippen LogP contribution in [-0.2, 0) is 0 Å². The molecule has 0 N–H and O–H groups in total. The number of hydrogen-bond acceptors (Lipinski definition) is 4. The van der Waals surface area contributed by atoms with E-state index in [4.69, 9.17) is 19.4 Å². The lowest BCUT2D eigenvalue weighted by Gasteiger charge is -2.11. The van der Waals surface area contributed by atoms with Crippen molar-refractivity contribution in [1.29, 1.82) is 0 Å². The van der Waals surface area contributed by atoms with Crippen LogP contribution in [-0.4, -0.2) is 15.0 Å². The maximum atomic E-state index is 6.23. The van der Waals surface area contributed by atoms with Crippen molar-refractivity contribution >= 4 is 38.3 Å². The molecule has 0 saturated carbocycles. The van der Waals surface area contributed by atoms with Crippen molar-refractivity contribution in [2.24, 2.45) is 0 Å². The summed E-state index contributed by atoms with van der Waals surface area (Å²) in [7, 11) is 0. The van der Waals surface area contributed by atoms with E-state index in [1.54, 1.807) is 6.08 Å². The van der Waals surface area contributed by atoms with Crippen LogP contribution in [0.5, 0.6) is 0 Å². The molecule has 5 aromatic carbocycles. The van der Waals surface area contributed by atoms with Crippen molar-refractivity contribution in [2.45, 2.75) is 6.92 Å². The molecule has 4 nitrogen and oxygen atoms in total. The molecule has 0 atom stereocenters. The smallest absolute Gasteiger partial charge is 0.164 e. The fraction of sp³-hybridized carbons (Fsp3) is 0.0263. The van der Waals surface area contributed by atoms with E-state index in [0.717, 1.165) is 49.8 Å². The Hall–Kier alpha value is -5.61. The Balaban J connectivity index is 1.42. The zero-order chi connectivity index (χ0) is 28.5. The van der Waals surface area contributed by atoms with E-state index in [-0.39, 0.29) is 0 Å². The first kappa shape index (κ1) is 25.4. The van der Waals surface area contributed by atoms with Crippen molar-refractivity contribution in [3.8, 4) is 33.9 Å². The third-order valence-corrected chi connectivity index (χ3v) is 7.43. The number of fused-ring (bicyclic) bond motifs is 5. The van der Waals surface area contributed by atoms with E-state index < -0.39 is 0 Å². The van der Waals surface area contributed by atoms with Crippen molar-refractivity contribution in [3.63, 3.8) is 0 Å². The summed E-state index contributed by atoms with van der Waals surface area (Å²) in [6.45, 7) is 5.76. The summed E-state index contributed by atoms with van der Waals surface area (Å²) in [5.74, 6) is 1.90. The summed E-state index contributed by atoms with van der Waals surface area (Å²) in [5.41, 5.74) is 6.79. The van der Waals surface area contributed by atoms with Gasteiger partial charge in [-0.1, -0.05) is 122 Å². The lowest BCUT2D eigenvalue weighted by atomic mass is 9.93. The number of aromatic nitrogens is 3. The highest BCUT2D eigenvalue weighted by Gasteiger charge is 2.16. The minimum absolute atomic E-state index is 0.625. The molecule has 0 amide bonds. The second-order valence-electron chi connectivity index (χ2n) is 10.2. The number of furan rings is 1. The van der Waals surface area contributed by atoms with Crippen molar-refractivity contribution in [2.75, 3.05) is 0 Å². The Kier molecular flexibility index (Phi) is 6.49. The van der Waals surface area contributed by atoms with Crippen molar-refractivity contribution in [1.82, 2.24) is 15.0 Å². The third kappa shape index (κ3) is 4.59. The Labute approximate surface area is 244 Å². The quantitative estimate of drug-likeness (QED) is 0.197. The second-order valence-corrected chi connectivity index (χ2v) is 10.2. The van der Waals surface area contributed by atoms with Gasteiger partial charge in [0.15, 0.2) is 17.5 Å². The number of rotatable bonds is 6. The second kappa shape index (κ2) is 10.8. The number of hydrogen-bond donors (Lipinski definition) is 0. The van der Waals surface area contributed by atoms with E-state index >= 15 is 0 Å². The zero-order valence-corrected chi connectivity index (χ0v) is 23.2. The highest BCUT2D eigenvalue weighted by Crippen LogP contribution is 2.40. The summed E-state index contributed by atoms with van der Waals surface area (Å²) in [6, 6.07) is 37.3. The number of nitrogens with zero attached hydrogens (tertiary/aromatic N) is 3. The molecule has 0 aliphatic rings. The Morgan fingerprint density at radius 1 is 0.643 bits per heavy atom. The van der Waals surface area contributed by atoms with Gasteiger partial charge in [0.2, 0.25) is 0 Å². The van der Waals surface area contributed by atoms with E-state index in [9.17, 15) is 0 Å². The van der Waals surface area contributed by atoms with Gasteiger partial charge >= 0.3 is 0 Å². The first-order chi connectivity index (χ1) is 20.7. The molecule has 0 bridgehead atoms. The lowest BCUT2D eigenvalue weighted by Crippen LogP contribution is -2.02. The predicted molar refractivity (Wildman–Crippen MR) is 174 cm³/mol. The van der Waals surface area contributed by atoms with Crippen LogP contribution in [0.15, 0.2) is 144 Å². The maximum absolute atomic E-state index is 6.23. The average molecular weight is 542 g/mol. The highest BCUT2D eigenvalue weighted by molar-refractivity contribution is 6.22. The Morgan fingerprint density at radius 2 is 1.38 bits per heavy atom. The highest BCUT2D eigenvalue weighted by atomic mass is 16.3. The Bertz CT molecular complexity index is 2170. The summed E-state index contributed by atoms with van der Waals surface area (Å²) < 4.78 is 6.23. The van der Waals surface area contributed by atoms with Crippen LogP contribution in [0.2, 0.25) is 0 Å². The van der Waals surface area contributed by atoms with Crippen LogP contribution in [0.4, 0.5) is 0 Å². The molecule has 7 aromatic rings. The molecule has 2 aromatic heterocycles. The molecule has 42 heavy (non-hydrogen) atoms. The third-order valence-electron chi connectivity index (χ3n) is 7.43. The van der Waals surface area contributed by atoms with Crippen LogP contribution >= 0.6 is 0 Å². The van der Waals surface area contributed by atoms with Gasteiger partial charge in [0.05, 0.1) is 0 Å². The largest absolute Gasteiger partial charge is 0.456 e. The van der Waals surface area contributed by atoms with Crippen molar-refractivity contribution < 1.29 is 4.42 Å². The molecule has 0 fully saturated rings. The summed E-state index contributed by atoms with van der Waals surface area (Å²) >= 11 is 0. The van der Waals surface area contributed by atoms with Gasteiger partial charge in [-0.25, -0.2) is 15.0 Å². The topological polar surface area (TPSA) is 51.8 Å². The zero-order valence-electron chi connectivity index (χ0n) is 23.2. The van der Waals surface area contributed by atoms with Gasteiger partial charge in [-0.3, -0.25) is 0 Å². The minimum atomic E-state index is 0.625. The van der Waals surface area contributed by atoms with Gasteiger partial charge < -0.3 is 4.42 Å². The first-order valence-corrected chi connectivity index (χ1v) is 13.9. The van der Waals surface area contributed by atoms with Gasteiger partial charge in [-0.15, -0.1) is 0 Å². The number of para-hydroxylation sites is 1. The van der Waals surface area contributed by atoms with Gasteiger partial charge in [0.25, 0.3) is 0 Å². The average Bonchev–Trinajstić information content (AvgIpc) is 3.44. The molecule has 2 heterocycles. The molecule has 0 saturated heterocycles. The maximum Gasteiger partial charge on any atom is 0.164 e. The standard InChI is InChI=1S/C38H27N3O/c1-3-4-6-13-25(2)36-39-37(27-14-7-5-8-15-27)41-38(40-36)29-18-11-17-28(24-29)30-20-12-16-26-22-23-33-35(34(26)30)31-19-9-10-21-32(31)42-33/h3-24H,1H2,2H3/b6-4-,25-13+. The molecular weight excluding hydrogens is 514 g/mol. The number of benzene rings is 5. The van der Waals surface area contributed by atoms with E-state index in [1.165, 1.54) is 10.8 Å². The van der Waals surface area contributed by atoms with Crippen LogP contribution in [0.1, 0.15) is 12.7 Å². The van der Waals surface area contributed by atoms with Gasteiger partial charge in [-0.05, 0) is 47.2 Å². The molecule has 0 radical (unpaired) electrons. The molecule has 0 unspecified atom stereocenters. The fourth-order valence-electron chi connectivity index (χ4n) is 5.41. The predicted octanol–water partition coefficient (Wildman–Crippen LogP) is 10.1. The first-order valence-electron chi connectivity index (χ1n) is 13.9. The van der Waals surface area contributed by atoms with Gasteiger partial charge in [0, 0.05) is 27.3 Å². The van der Waals surface area contributed by atoms with Gasteiger partial charge in [0.1, 0.15) is 11.2 Å². The summed E-state index contributed by atoms with van der Waals surface area (Å²) in [4.78, 5) is 14.7. The SMILES string of the molecule is C=C/C=C\C=C(/C)c1nc(-c2ccccc2)nc(-c2cccc(-c3cccc4ccc5oc6ccccc6c5c34)c2)n1. The van der Waals surface area contributed by atoms with Crippen LogP contribution in [0, 0.1) is 0 Å². The van der Waals surface area contributed by atoms with E-state index in [1.807, 2.05) is 67.6 Å².